The van der Waals surface area contributed by atoms with Crippen LogP contribution in [0.15, 0.2) is 58.0 Å². The fourth-order valence-corrected chi connectivity index (χ4v) is 3.76. The first-order valence-corrected chi connectivity index (χ1v) is 9.54. The molecule has 130 valence electrons. The molecule has 0 atom stereocenters. The summed E-state index contributed by atoms with van der Waals surface area (Å²) in [5, 5.41) is 8.58. The Kier molecular flexibility index (Phi) is 4.85. The largest absolute Gasteiger partial charge is 0.459 e. The lowest BCUT2D eigenvalue weighted by Gasteiger charge is -2.00. The van der Waals surface area contributed by atoms with Crippen LogP contribution in [-0.4, -0.2) is 21.1 Å². The van der Waals surface area contributed by atoms with Gasteiger partial charge in [-0.2, -0.15) is 0 Å². The number of ether oxygens (including phenoxy) is 1. The fraction of sp³-hybridized carbons (Fsp3) is 0.111. The minimum Gasteiger partial charge on any atom is -0.459 e. The predicted octanol–water partition coefficient (Wildman–Crippen LogP) is 4.21. The quantitative estimate of drug-likeness (QED) is 0.464. The molecule has 4 aromatic heterocycles. The second-order valence-electron chi connectivity index (χ2n) is 5.38. The highest BCUT2D eigenvalue weighted by molar-refractivity contribution is 7.13. The molecule has 4 aromatic rings. The van der Waals surface area contributed by atoms with Gasteiger partial charge in [0.05, 0.1) is 17.0 Å². The van der Waals surface area contributed by atoms with Crippen molar-refractivity contribution in [3.8, 4) is 21.2 Å². The van der Waals surface area contributed by atoms with E-state index in [4.69, 9.17) is 9.26 Å². The highest BCUT2D eigenvalue weighted by Gasteiger charge is 2.13. The molecular formula is C18H13N3O3S2. The van der Waals surface area contributed by atoms with E-state index in [1.807, 2.05) is 35.0 Å². The molecule has 4 heterocycles. The van der Waals surface area contributed by atoms with Crippen molar-refractivity contribution in [3.63, 3.8) is 0 Å². The molecule has 0 unspecified atom stereocenters. The number of pyridine rings is 1. The Morgan fingerprint density at radius 1 is 1.19 bits per heavy atom. The van der Waals surface area contributed by atoms with E-state index in [2.05, 4.69) is 15.1 Å². The number of carbonyl (C=O) groups is 1. The van der Waals surface area contributed by atoms with E-state index in [0.717, 1.165) is 15.4 Å². The highest BCUT2D eigenvalue weighted by atomic mass is 32.1. The molecule has 0 radical (unpaired) electrons. The summed E-state index contributed by atoms with van der Waals surface area (Å²) in [7, 11) is 0. The van der Waals surface area contributed by atoms with Crippen LogP contribution in [0.3, 0.4) is 0 Å². The van der Waals surface area contributed by atoms with Crippen LogP contribution in [0, 0.1) is 0 Å². The number of rotatable bonds is 6. The Labute approximate surface area is 157 Å². The van der Waals surface area contributed by atoms with Gasteiger partial charge in [-0.25, -0.2) is 4.98 Å². The molecule has 0 N–H and O–H groups in total. The van der Waals surface area contributed by atoms with Gasteiger partial charge in [-0.3, -0.25) is 9.78 Å². The van der Waals surface area contributed by atoms with Crippen LogP contribution in [0.5, 0.6) is 0 Å². The van der Waals surface area contributed by atoms with Crippen LogP contribution in [0.25, 0.3) is 21.2 Å². The normalized spacial score (nSPS) is 10.8. The molecule has 0 fully saturated rings. The number of hydrogen-bond donors (Lipinski definition) is 0. The Bertz CT molecular complexity index is 994. The summed E-state index contributed by atoms with van der Waals surface area (Å²) in [5.41, 5.74) is 2.19. The monoisotopic (exact) mass is 383 g/mol. The summed E-state index contributed by atoms with van der Waals surface area (Å²) in [4.78, 5) is 21.6. The fourth-order valence-electron chi connectivity index (χ4n) is 2.28. The van der Waals surface area contributed by atoms with Crippen molar-refractivity contribution in [1.82, 2.24) is 15.1 Å². The van der Waals surface area contributed by atoms with E-state index < -0.39 is 0 Å². The Balaban J connectivity index is 1.33. The average molecular weight is 383 g/mol. The zero-order valence-electron chi connectivity index (χ0n) is 13.5. The predicted molar refractivity (Wildman–Crippen MR) is 98.7 cm³/mol. The van der Waals surface area contributed by atoms with Crippen molar-refractivity contribution in [3.05, 3.63) is 64.9 Å². The summed E-state index contributed by atoms with van der Waals surface area (Å²) in [5.74, 6) is 0.320. The number of thiazole rings is 1. The third kappa shape index (κ3) is 3.87. The minimum absolute atomic E-state index is 0.0767. The maximum absolute atomic E-state index is 12.0. The first-order valence-electron chi connectivity index (χ1n) is 7.78. The van der Waals surface area contributed by atoms with E-state index in [0.29, 0.717) is 17.1 Å². The van der Waals surface area contributed by atoms with Gasteiger partial charge in [0.25, 0.3) is 0 Å². The molecule has 0 saturated heterocycles. The van der Waals surface area contributed by atoms with Crippen LogP contribution >= 0.6 is 22.7 Å². The van der Waals surface area contributed by atoms with Crippen molar-refractivity contribution in [2.24, 2.45) is 0 Å². The molecular weight excluding hydrogens is 370 g/mol. The molecule has 0 aliphatic rings. The molecule has 0 aromatic carbocycles. The Morgan fingerprint density at radius 3 is 2.96 bits per heavy atom. The van der Waals surface area contributed by atoms with Crippen LogP contribution in [0.4, 0.5) is 0 Å². The highest BCUT2D eigenvalue weighted by Crippen LogP contribution is 2.25. The van der Waals surface area contributed by atoms with Gasteiger partial charge in [0.15, 0.2) is 5.76 Å². The zero-order valence-corrected chi connectivity index (χ0v) is 15.1. The maximum atomic E-state index is 12.0. The molecule has 0 aliphatic heterocycles. The summed E-state index contributed by atoms with van der Waals surface area (Å²) in [6.45, 7) is 0.0767. The van der Waals surface area contributed by atoms with E-state index in [9.17, 15) is 4.79 Å². The molecule has 8 heteroatoms. The van der Waals surface area contributed by atoms with Crippen LogP contribution < -0.4 is 0 Å². The van der Waals surface area contributed by atoms with Gasteiger partial charge >= 0.3 is 5.97 Å². The van der Waals surface area contributed by atoms with Crippen LogP contribution in [0.2, 0.25) is 0 Å². The standard InChI is InChI=1S/C18H13N3O3S2/c22-17(8-14-11-26-18(20-14)12-3-1-5-19-9-12)23-10-13-7-15(24-21-13)16-4-2-6-25-16/h1-7,9,11H,8,10H2. The first kappa shape index (κ1) is 16.6. The summed E-state index contributed by atoms with van der Waals surface area (Å²) in [6.07, 6.45) is 3.58. The lowest BCUT2D eigenvalue weighted by atomic mass is 10.3. The molecule has 0 bridgehead atoms. The second-order valence-corrected chi connectivity index (χ2v) is 7.19. The van der Waals surface area contributed by atoms with Crippen molar-refractivity contribution in [2.45, 2.75) is 13.0 Å². The van der Waals surface area contributed by atoms with Crippen molar-refractivity contribution in [1.29, 1.82) is 0 Å². The molecule has 26 heavy (non-hydrogen) atoms. The van der Waals surface area contributed by atoms with Crippen LogP contribution in [-0.2, 0) is 22.6 Å². The second kappa shape index (κ2) is 7.59. The Morgan fingerprint density at radius 2 is 2.15 bits per heavy atom. The molecule has 4 rings (SSSR count). The number of aromatic nitrogens is 3. The Hall–Kier alpha value is -2.84. The van der Waals surface area contributed by atoms with Gasteiger partial charge in [-0.15, -0.1) is 22.7 Å². The maximum Gasteiger partial charge on any atom is 0.312 e. The number of carbonyl (C=O) groups excluding carboxylic acids is 1. The van der Waals surface area contributed by atoms with Gasteiger partial charge in [-0.05, 0) is 23.6 Å². The minimum atomic E-state index is -0.353. The first-order chi connectivity index (χ1) is 12.8. The summed E-state index contributed by atoms with van der Waals surface area (Å²) >= 11 is 3.04. The van der Waals surface area contributed by atoms with E-state index >= 15 is 0 Å². The topological polar surface area (TPSA) is 78.1 Å². The van der Waals surface area contributed by atoms with E-state index in [1.165, 1.54) is 11.3 Å². The number of nitrogens with zero attached hydrogens (tertiary/aromatic N) is 3. The van der Waals surface area contributed by atoms with Gasteiger partial charge in [0.2, 0.25) is 0 Å². The third-order valence-electron chi connectivity index (χ3n) is 3.49. The molecule has 0 amide bonds. The number of hydrogen-bond acceptors (Lipinski definition) is 8. The van der Waals surface area contributed by atoms with E-state index in [-0.39, 0.29) is 19.0 Å². The van der Waals surface area contributed by atoms with Crippen LogP contribution in [0.1, 0.15) is 11.4 Å². The third-order valence-corrected chi connectivity index (χ3v) is 5.31. The summed E-state index contributed by atoms with van der Waals surface area (Å²) in [6, 6.07) is 9.46. The van der Waals surface area contributed by atoms with E-state index in [1.54, 1.807) is 29.8 Å². The van der Waals surface area contributed by atoms with Gasteiger partial charge < -0.3 is 9.26 Å². The lowest BCUT2D eigenvalue weighted by molar-refractivity contribution is -0.144. The van der Waals surface area contributed by atoms with Gasteiger partial charge in [0.1, 0.15) is 17.3 Å². The number of esters is 1. The zero-order chi connectivity index (χ0) is 17.8. The average Bonchev–Trinajstić information content (AvgIpc) is 3.41. The van der Waals surface area contributed by atoms with Crippen molar-refractivity contribution >= 4 is 28.6 Å². The molecule has 0 saturated carbocycles. The molecule has 0 aliphatic carbocycles. The smallest absolute Gasteiger partial charge is 0.312 e. The molecule has 6 nitrogen and oxygen atoms in total. The number of thiophene rings is 1. The van der Waals surface area contributed by atoms with Gasteiger partial charge in [-0.1, -0.05) is 11.2 Å². The molecule has 0 spiro atoms. The van der Waals surface area contributed by atoms with Crippen molar-refractivity contribution in [2.75, 3.05) is 0 Å². The summed E-state index contributed by atoms with van der Waals surface area (Å²) < 4.78 is 10.5. The van der Waals surface area contributed by atoms with Gasteiger partial charge in [0, 0.05) is 29.4 Å². The van der Waals surface area contributed by atoms with Crippen molar-refractivity contribution < 1.29 is 14.1 Å². The SMILES string of the molecule is O=C(Cc1csc(-c2cccnc2)n1)OCc1cc(-c2cccs2)on1. The lowest BCUT2D eigenvalue weighted by Crippen LogP contribution is -2.08.